The number of fused-ring (bicyclic) bond motifs is 1. The first-order chi connectivity index (χ1) is 12.4. The van der Waals surface area contributed by atoms with Gasteiger partial charge in [0.25, 0.3) is 5.91 Å². The largest absolute Gasteiger partial charge is 0.346 e. The lowest BCUT2D eigenvalue weighted by Gasteiger charge is -2.34. The Morgan fingerprint density at radius 3 is 2.31 bits per heavy atom. The van der Waals surface area contributed by atoms with Gasteiger partial charge in [-0.15, -0.1) is 11.3 Å². The molecule has 3 rings (SSSR count). The fourth-order valence-corrected chi connectivity index (χ4v) is 4.36. The zero-order valence-corrected chi connectivity index (χ0v) is 16.2. The van der Waals surface area contributed by atoms with Gasteiger partial charge in [0.2, 0.25) is 0 Å². The summed E-state index contributed by atoms with van der Waals surface area (Å²) in [5, 5.41) is 3.95. The first-order valence-corrected chi connectivity index (χ1v) is 9.64. The number of benzene rings is 1. The highest BCUT2D eigenvalue weighted by Crippen LogP contribution is 2.36. The topological polar surface area (TPSA) is 69.7 Å². The molecule has 1 N–H and O–H groups in total. The number of piperazine rings is 1. The molecule has 1 fully saturated rings. The molecule has 2 aromatic rings. The molecule has 1 saturated heterocycles. The van der Waals surface area contributed by atoms with Gasteiger partial charge in [0, 0.05) is 42.3 Å². The maximum atomic E-state index is 12.8. The normalized spacial score (nSPS) is 14.8. The molecule has 0 radical (unpaired) electrons. The van der Waals surface area contributed by atoms with Crippen molar-refractivity contribution in [3.05, 3.63) is 34.2 Å². The van der Waals surface area contributed by atoms with Gasteiger partial charge in [0.05, 0.1) is 5.02 Å². The smallest absolute Gasteiger partial charge is 0.312 e. The molecule has 0 atom stereocenters. The van der Waals surface area contributed by atoms with E-state index in [0.717, 1.165) is 10.1 Å². The van der Waals surface area contributed by atoms with E-state index in [1.807, 2.05) is 24.3 Å². The molecule has 0 spiro atoms. The summed E-state index contributed by atoms with van der Waals surface area (Å²) in [4.78, 5) is 40.5. The Hall–Kier alpha value is -2.12. The van der Waals surface area contributed by atoms with Gasteiger partial charge >= 0.3 is 11.8 Å². The van der Waals surface area contributed by atoms with Crippen LogP contribution < -0.4 is 5.32 Å². The van der Waals surface area contributed by atoms with Gasteiger partial charge in [0.1, 0.15) is 4.88 Å². The van der Waals surface area contributed by atoms with E-state index in [4.69, 9.17) is 11.6 Å². The lowest BCUT2D eigenvalue weighted by Crippen LogP contribution is -2.54. The molecule has 1 aliphatic heterocycles. The highest BCUT2D eigenvalue weighted by Gasteiger charge is 2.30. The molecule has 1 aromatic heterocycles. The van der Waals surface area contributed by atoms with E-state index >= 15 is 0 Å². The minimum absolute atomic E-state index is 0.0931. The number of nitrogens with zero attached hydrogens (tertiary/aromatic N) is 2. The van der Waals surface area contributed by atoms with E-state index in [1.54, 1.807) is 18.7 Å². The zero-order chi connectivity index (χ0) is 18.8. The second kappa shape index (κ2) is 7.63. The molecule has 3 amide bonds. The molecule has 138 valence electrons. The number of hydrogen-bond donors (Lipinski definition) is 1. The van der Waals surface area contributed by atoms with Crippen LogP contribution in [0, 0.1) is 0 Å². The van der Waals surface area contributed by atoms with Gasteiger partial charge in [-0.05, 0) is 19.9 Å². The van der Waals surface area contributed by atoms with Crippen LogP contribution in [0.15, 0.2) is 24.3 Å². The molecule has 1 aromatic carbocycles. The second-order valence-electron chi connectivity index (χ2n) is 6.45. The van der Waals surface area contributed by atoms with Crippen molar-refractivity contribution < 1.29 is 14.4 Å². The molecule has 1 aliphatic rings. The fraction of sp³-hybridized carbons (Fsp3) is 0.389. The molecule has 0 saturated carbocycles. The number of carbonyl (C=O) groups excluding carboxylic acids is 3. The van der Waals surface area contributed by atoms with Crippen molar-refractivity contribution in [2.45, 2.75) is 19.9 Å². The summed E-state index contributed by atoms with van der Waals surface area (Å²) in [5.74, 6) is -1.28. The Balaban J connectivity index is 1.66. The third-order valence-electron chi connectivity index (χ3n) is 4.20. The predicted molar refractivity (Wildman–Crippen MR) is 103 cm³/mol. The van der Waals surface area contributed by atoms with Crippen LogP contribution in [0.1, 0.15) is 23.5 Å². The van der Waals surface area contributed by atoms with Crippen molar-refractivity contribution in [1.29, 1.82) is 0 Å². The fourth-order valence-electron chi connectivity index (χ4n) is 2.88. The van der Waals surface area contributed by atoms with Crippen molar-refractivity contribution in [2.75, 3.05) is 26.2 Å². The predicted octanol–water partition coefficient (Wildman–Crippen LogP) is 2.36. The number of rotatable bonds is 2. The number of amides is 3. The monoisotopic (exact) mass is 393 g/mol. The minimum atomic E-state index is -0.604. The Morgan fingerprint density at radius 1 is 1.08 bits per heavy atom. The summed E-state index contributed by atoms with van der Waals surface area (Å²) >= 11 is 7.76. The van der Waals surface area contributed by atoms with Crippen LogP contribution in [0.5, 0.6) is 0 Å². The van der Waals surface area contributed by atoms with Crippen molar-refractivity contribution in [2.24, 2.45) is 0 Å². The Morgan fingerprint density at radius 2 is 1.69 bits per heavy atom. The standard InChI is InChI=1S/C18H20ClN3O3S/c1-11(2)20-16(23)18(25)22-9-7-21(8-10-22)17(24)15-14(19)12-5-3-4-6-13(12)26-15/h3-6,11H,7-10H2,1-2H3,(H,20,23). The van der Waals surface area contributed by atoms with Crippen LogP contribution in [0.3, 0.4) is 0 Å². The van der Waals surface area contributed by atoms with E-state index in [2.05, 4.69) is 5.32 Å². The highest BCUT2D eigenvalue weighted by molar-refractivity contribution is 7.21. The number of carbonyl (C=O) groups is 3. The molecule has 0 bridgehead atoms. The van der Waals surface area contributed by atoms with Gasteiger partial charge < -0.3 is 15.1 Å². The summed E-state index contributed by atoms with van der Waals surface area (Å²) in [6.45, 7) is 5.03. The SMILES string of the molecule is CC(C)NC(=O)C(=O)N1CCN(C(=O)c2sc3ccccc3c2Cl)CC1. The van der Waals surface area contributed by atoms with Gasteiger partial charge in [-0.25, -0.2) is 0 Å². The van der Waals surface area contributed by atoms with E-state index in [-0.39, 0.29) is 11.9 Å². The van der Waals surface area contributed by atoms with Gasteiger partial charge in [0.15, 0.2) is 0 Å². The summed E-state index contributed by atoms with van der Waals surface area (Å²) in [6, 6.07) is 7.55. The molecule has 8 heteroatoms. The quantitative estimate of drug-likeness (QED) is 0.796. The Bertz CT molecular complexity index is 856. The molecular formula is C18H20ClN3O3S. The molecule has 26 heavy (non-hydrogen) atoms. The molecular weight excluding hydrogens is 374 g/mol. The van der Waals surface area contributed by atoms with Crippen molar-refractivity contribution >= 4 is 50.7 Å². The van der Waals surface area contributed by atoms with E-state index < -0.39 is 11.8 Å². The van der Waals surface area contributed by atoms with Crippen molar-refractivity contribution in [1.82, 2.24) is 15.1 Å². The van der Waals surface area contributed by atoms with Crippen molar-refractivity contribution in [3.63, 3.8) is 0 Å². The van der Waals surface area contributed by atoms with Gasteiger partial charge in [-0.2, -0.15) is 0 Å². The first kappa shape index (κ1) is 18.7. The molecule has 0 aliphatic carbocycles. The minimum Gasteiger partial charge on any atom is -0.346 e. The Labute approximate surface area is 160 Å². The van der Waals surface area contributed by atoms with Crippen LogP contribution in [-0.4, -0.2) is 59.7 Å². The second-order valence-corrected chi connectivity index (χ2v) is 7.88. The lowest BCUT2D eigenvalue weighted by molar-refractivity contribution is -0.147. The maximum absolute atomic E-state index is 12.8. The number of hydrogen-bond acceptors (Lipinski definition) is 4. The highest BCUT2D eigenvalue weighted by atomic mass is 35.5. The van der Waals surface area contributed by atoms with E-state index in [9.17, 15) is 14.4 Å². The zero-order valence-electron chi connectivity index (χ0n) is 14.6. The molecule has 0 unspecified atom stereocenters. The van der Waals surface area contributed by atoms with Crippen LogP contribution in [0.2, 0.25) is 5.02 Å². The van der Waals surface area contributed by atoms with Crippen LogP contribution in [0.25, 0.3) is 10.1 Å². The maximum Gasteiger partial charge on any atom is 0.312 e. The van der Waals surface area contributed by atoms with Gasteiger partial charge in [-0.1, -0.05) is 29.8 Å². The van der Waals surface area contributed by atoms with Crippen molar-refractivity contribution in [3.8, 4) is 0 Å². The third kappa shape index (κ3) is 3.68. The van der Waals surface area contributed by atoms with Crippen LogP contribution in [0.4, 0.5) is 0 Å². The third-order valence-corrected chi connectivity index (χ3v) is 5.86. The number of thiophene rings is 1. The van der Waals surface area contributed by atoms with E-state index in [0.29, 0.717) is 36.1 Å². The van der Waals surface area contributed by atoms with Crippen LogP contribution in [-0.2, 0) is 9.59 Å². The average Bonchev–Trinajstić information content (AvgIpc) is 2.97. The lowest BCUT2D eigenvalue weighted by atomic mass is 10.2. The summed E-state index contributed by atoms with van der Waals surface area (Å²) in [5.41, 5.74) is 0. The van der Waals surface area contributed by atoms with Gasteiger partial charge in [-0.3, -0.25) is 14.4 Å². The number of halogens is 1. The number of nitrogens with one attached hydrogen (secondary N) is 1. The summed E-state index contributed by atoms with van der Waals surface area (Å²) < 4.78 is 0.972. The Kier molecular flexibility index (Phi) is 5.48. The average molecular weight is 394 g/mol. The first-order valence-electron chi connectivity index (χ1n) is 8.44. The molecule has 2 heterocycles. The van der Waals surface area contributed by atoms with Crippen LogP contribution >= 0.6 is 22.9 Å². The van der Waals surface area contributed by atoms with E-state index in [1.165, 1.54) is 16.2 Å². The summed E-state index contributed by atoms with van der Waals surface area (Å²) in [7, 11) is 0. The molecule has 6 nitrogen and oxygen atoms in total. The summed E-state index contributed by atoms with van der Waals surface area (Å²) in [6.07, 6.45) is 0.